The number of rotatable bonds is 4. The summed E-state index contributed by atoms with van der Waals surface area (Å²) in [6, 6.07) is 6.21. The number of halogens is 1. The second kappa shape index (κ2) is 6.04. The number of nitrogens with one attached hydrogen (secondary N) is 1. The van der Waals surface area contributed by atoms with E-state index in [0.29, 0.717) is 37.1 Å². The number of hydrogen-bond donors (Lipinski definition) is 2. The van der Waals surface area contributed by atoms with Gasteiger partial charge in [0.2, 0.25) is 0 Å². The van der Waals surface area contributed by atoms with Gasteiger partial charge < -0.3 is 15.3 Å². The van der Waals surface area contributed by atoms with Crippen molar-refractivity contribution in [2.75, 3.05) is 13.1 Å². The first-order chi connectivity index (χ1) is 10.6. The molecule has 0 unspecified atom stereocenters. The largest absolute Gasteiger partial charge is 0.481 e. The van der Waals surface area contributed by atoms with Gasteiger partial charge in [0.15, 0.2) is 0 Å². The molecule has 2 heterocycles. The van der Waals surface area contributed by atoms with Gasteiger partial charge in [-0.05, 0) is 31.5 Å². The molecule has 1 fully saturated rings. The number of carbonyl (C=O) groups is 1. The zero-order chi connectivity index (χ0) is 15.6. The first-order valence-corrected chi connectivity index (χ1v) is 7.52. The molecular weight excluding hydrogens is 287 g/mol. The molecule has 0 aromatic heterocycles. The Balaban J connectivity index is 1.67. The Morgan fingerprint density at radius 1 is 1.55 bits per heavy atom. The molecule has 0 radical (unpaired) electrons. The second-order valence-electron chi connectivity index (χ2n) is 6.05. The van der Waals surface area contributed by atoms with E-state index in [2.05, 4.69) is 10.5 Å². The van der Waals surface area contributed by atoms with E-state index in [0.717, 1.165) is 13.0 Å². The number of nitrogens with zero attached hydrogens (tertiary/aromatic N) is 1. The minimum atomic E-state index is -0.796. The molecule has 1 aromatic carbocycles. The zero-order valence-electron chi connectivity index (χ0n) is 12.2. The smallest absolute Gasteiger partial charge is 0.311 e. The molecule has 5 nitrogen and oxygen atoms in total. The lowest BCUT2D eigenvalue weighted by molar-refractivity contribution is -0.152. The van der Waals surface area contributed by atoms with Crippen LogP contribution in [-0.2, 0) is 9.63 Å². The standard InChI is InChI=1S/C16H19FN2O3/c17-12-4-1-3-11(7-12)14-8-13(22-19-14)9-16(15(20)21)5-2-6-18-10-16/h1,3-4,7,13,18H,2,5-6,8-10H2,(H,20,21)/t13-,16+/m0/s1. The second-order valence-corrected chi connectivity index (χ2v) is 6.05. The number of aliphatic carboxylic acids is 1. The number of carboxylic acid groups (broad SMARTS) is 1. The van der Waals surface area contributed by atoms with E-state index in [4.69, 9.17) is 4.84 Å². The number of carboxylic acids is 1. The third-order valence-corrected chi connectivity index (χ3v) is 4.44. The molecular formula is C16H19FN2O3. The van der Waals surface area contributed by atoms with Crippen LogP contribution < -0.4 is 5.32 Å². The molecule has 2 aliphatic rings. The predicted octanol–water partition coefficient (Wildman–Crippen LogP) is 2.16. The molecule has 22 heavy (non-hydrogen) atoms. The SMILES string of the molecule is O=C(O)[C@@]1(C[C@@H]2CC(c3cccc(F)c3)=NO2)CCCNC1. The summed E-state index contributed by atoms with van der Waals surface area (Å²) >= 11 is 0. The lowest BCUT2D eigenvalue weighted by Crippen LogP contribution is -2.47. The van der Waals surface area contributed by atoms with Crippen molar-refractivity contribution in [1.29, 1.82) is 0 Å². The Morgan fingerprint density at radius 2 is 2.41 bits per heavy atom. The molecule has 0 bridgehead atoms. The van der Waals surface area contributed by atoms with Gasteiger partial charge in [-0.25, -0.2) is 4.39 Å². The molecule has 0 spiro atoms. The van der Waals surface area contributed by atoms with Crippen molar-refractivity contribution in [3.8, 4) is 0 Å². The van der Waals surface area contributed by atoms with Crippen molar-refractivity contribution in [2.45, 2.75) is 31.8 Å². The Kier molecular flexibility index (Phi) is 4.11. The average Bonchev–Trinajstić information content (AvgIpc) is 2.96. The molecule has 3 rings (SSSR count). The molecule has 1 aromatic rings. The number of piperidine rings is 1. The molecule has 2 N–H and O–H groups in total. The van der Waals surface area contributed by atoms with Crippen LogP contribution in [0.15, 0.2) is 29.4 Å². The first kappa shape index (κ1) is 15.0. The molecule has 0 saturated carbocycles. The van der Waals surface area contributed by atoms with Gasteiger partial charge in [0, 0.05) is 24.9 Å². The van der Waals surface area contributed by atoms with Crippen molar-refractivity contribution in [2.24, 2.45) is 10.6 Å². The summed E-state index contributed by atoms with van der Waals surface area (Å²) < 4.78 is 13.3. The number of hydrogen-bond acceptors (Lipinski definition) is 4. The molecule has 1 saturated heterocycles. The van der Waals surface area contributed by atoms with Gasteiger partial charge in [0.25, 0.3) is 0 Å². The topological polar surface area (TPSA) is 70.9 Å². The zero-order valence-corrected chi connectivity index (χ0v) is 12.2. The van der Waals surface area contributed by atoms with Gasteiger partial charge >= 0.3 is 5.97 Å². The van der Waals surface area contributed by atoms with Crippen LogP contribution in [0.2, 0.25) is 0 Å². The van der Waals surface area contributed by atoms with E-state index >= 15 is 0 Å². The van der Waals surface area contributed by atoms with Crippen LogP contribution in [0.3, 0.4) is 0 Å². The van der Waals surface area contributed by atoms with Crippen LogP contribution >= 0.6 is 0 Å². The van der Waals surface area contributed by atoms with Crippen molar-refractivity contribution in [3.05, 3.63) is 35.6 Å². The number of benzene rings is 1. The highest BCUT2D eigenvalue weighted by atomic mass is 19.1. The summed E-state index contributed by atoms with van der Waals surface area (Å²) in [5.41, 5.74) is 0.568. The first-order valence-electron chi connectivity index (χ1n) is 7.52. The predicted molar refractivity (Wildman–Crippen MR) is 79.2 cm³/mol. The Labute approximate surface area is 128 Å². The minimum Gasteiger partial charge on any atom is -0.481 e. The maximum atomic E-state index is 13.3. The quantitative estimate of drug-likeness (QED) is 0.894. The summed E-state index contributed by atoms with van der Waals surface area (Å²) in [4.78, 5) is 17.1. The van der Waals surface area contributed by atoms with Gasteiger partial charge in [0.05, 0.1) is 11.1 Å². The Bertz CT molecular complexity index is 597. The third-order valence-electron chi connectivity index (χ3n) is 4.44. The average molecular weight is 306 g/mol. The molecule has 118 valence electrons. The van der Waals surface area contributed by atoms with E-state index in [1.54, 1.807) is 12.1 Å². The van der Waals surface area contributed by atoms with Gasteiger partial charge in [0.1, 0.15) is 11.9 Å². The maximum absolute atomic E-state index is 13.3. The van der Waals surface area contributed by atoms with Gasteiger partial charge in [-0.3, -0.25) is 4.79 Å². The van der Waals surface area contributed by atoms with Crippen LogP contribution in [0.5, 0.6) is 0 Å². The maximum Gasteiger partial charge on any atom is 0.311 e. The third kappa shape index (κ3) is 2.97. The molecule has 0 aliphatic carbocycles. The van der Waals surface area contributed by atoms with E-state index < -0.39 is 11.4 Å². The minimum absolute atomic E-state index is 0.269. The van der Waals surface area contributed by atoms with Crippen molar-refractivity contribution in [3.63, 3.8) is 0 Å². The highest BCUT2D eigenvalue weighted by Crippen LogP contribution is 2.35. The lowest BCUT2D eigenvalue weighted by Gasteiger charge is -2.34. The molecule has 6 heteroatoms. The fourth-order valence-electron chi connectivity index (χ4n) is 3.22. The fraction of sp³-hybridized carbons (Fsp3) is 0.500. The van der Waals surface area contributed by atoms with Crippen LogP contribution in [-0.4, -0.2) is 36.0 Å². The fourth-order valence-corrected chi connectivity index (χ4v) is 3.22. The van der Waals surface area contributed by atoms with Gasteiger partial charge in [-0.1, -0.05) is 17.3 Å². The van der Waals surface area contributed by atoms with Gasteiger partial charge in [-0.15, -0.1) is 0 Å². The van der Waals surface area contributed by atoms with E-state index in [1.807, 2.05) is 0 Å². The summed E-state index contributed by atoms with van der Waals surface area (Å²) in [7, 11) is 0. The highest BCUT2D eigenvalue weighted by Gasteiger charge is 2.43. The van der Waals surface area contributed by atoms with E-state index in [9.17, 15) is 14.3 Å². The van der Waals surface area contributed by atoms with Crippen LogP contribution in [0, 0.1) is 11.2 Å². The van der Waals surface area contributed by atoms with Crippen molar-refractivity contribution in [1.82, 2.24) is 5.32 Å². The van der Waals surface area contributed by atoms with Crippen molar-refractivity contribution < 1.29 is 19.1 Å². The Hall–Kier alpha value is -1.95. The van der Waals surface area contributed by atoms with Crippen LogP contribution in [0.4, 0.5) is 4.39 Å². The van der Waals surface area contributed by atoms with Crippen molar-refractivity contribution >= 4 is 11.7 Å². The molecule has 0 amide bonds. The number of oxime groups is 1. The summed E-state index contributed by atoms with van der Waals surface area (Å²) in [5.74, 6) is -1.11. The highest BCUT2D eigenvalue weighted by molar-refractivity contribution is 6.01. The summed E-state index contributed by atoms with van der Waals surface area (Å²) in [5, 5.41) is 16.8. The lowest BCUT2D eigenvalue weighted by atomic mass is 9.75. The monoisotopic (exact) mass is 306 g/mol. The molecule has 2 aliphatic heterocycles. The normalized spacial score (nSPS) is 28.0. The van der Waals surface area contributed by atoms with E-state index in [1.165, 1.54) is 12.1 Å². The van der Waals surface area contributed by atoms with Crippen LogP contribution in [0.1, 0.15) is 31.2 Å². The Morgan fingerprint density at radius 3 is 3.09 bits per heavy atom. The summed E-state index contributed by atoms with van der Waals surface area (Å²) in [6.07, 6.45) is 2.14. The molecule has 2 atom stereocenters. The summed E-state index contributed by atoms with van der Waals surface area (Å²) in [6.45, 7) is 1.31. The van der Waals surface area contributed by atoms with Gasteiger partial charge in [-0.2, -0.15) is 0 Å². The van der Waals surface area contributed by atoms with Crippen LogP contribution in [0.25, 0.3) is 0 Å². The van der Waals surface area contributed by atoms with E-state index in [-0.39, 0.29) is 11.9 Å².